The Balaban J connectivity index is 1.65. The number of ether oxygens (including phenoxy) is 2. The van der Waals surface area contributed by atoms with Crippen molar-refractivity contribution in [2.24, 2.45) is 0 Å². The predicted octanol–water partition coefficient (Wildman–Crippen LogP) is 2.45. The number of anilines is 2. The fourth-order valence-corrected chi connectivity index (χ4v) is 2.57. The van der Waals surface area contributed by atoms with E-state index in [0.717, 1.165) is 0 Å². The molecule has 0 radical (unpaired) electrons. The van der Waals surface area contributed by atoms with Crippen LogP contribution in [0.2, 0.25) is 0 Å². The number of fused-ring (bicyclic) bond motifs is 1. The molecule has 0 aliphatic carbocycles. The molecule has 3 rings (SSSR count). The first-order valence-electron chi connectivity index (χ1n) is 7.64. The lowest BCUT2D eigenvalue weighted by atomic mass is 10.2. The summed E-state index contributed by atoms with van der Waals surface area (Å²) in [6, 6.07) is 14.5. The second-order valence-corrected chi connectivity index (χ2v) is 5.30. The number of carbonyl (C=O) groups excluding carboxylic acids is 2. The Morgan fingerprint density at radius 1 is 1.21 bits per heavy atom. The van der Waals surface area contributed by atoms with Gasteiger partial charge >= 0.3 is 0 Å². The van der Waals surface area contributed by atoms with E-state index in [1.165, 1.54) is 0 Å². The van der Waals surface area contributed by atoms with E-state index in [4.69, 9.17) is 9.47 Å². The molecule has 1 heterocycles. The van der Waals surface area contributed by atoms with Crippen LogP contribution in [-0.4, -0.2) is 32.1 Å². The van der Waals surface area contributed by atoms with Crippen LogP contribution >= 0.6 is 0 Å². The second-order valence-electron chi connectivity index (χ2n) is 5.30. The molecule has 2 aromatic carbocycles. The van der Waals surface area contributed by atoms with Gasteiger partial charge in [-0.25, -0.2) is 0 Å². The summed E-state index contributed by atoms with van der Waals surface area (Å²) in [7, 11) is 1.55. The number of para-hydroxylation sites is 4. The summed E-state index contributed by atoms with van der Waals surface area (Å²) in [6.45, 7) is 0.283. The van der Waals surface area contributed by atoms with Crippen molar-refractivity contribution in [1.29, 1.82) is 0 Å². The van der Waals surface area contributed by atoms with E-state index in [2.05, 4.69) is 5.32 Å². The number of nitrogens with one attached hydrogen (secondary N) is 1. The minimum absolute atomic E-state index is 0.00879. The molecular formula is C18H18N2O4. The van der Waals surface area contributed by atoms with Crippen molar-refractivity contribution >= 4 is 23.2 Å². The molecule has 0 atom stereocenters. The number of hydrogen-bond acceptors (Lipinski definition) is 4. The normalized spacial score (nSPS) is 13.0. The van der Waals surface area contributed by atoms with Gasteiger partial charge in [-0.2, -0.15) is 0 Å². The Labute approximate surface area is 140 Å². The Morgan fingerprint density at radius 3 is 2.79 bits per heavy atom. The van der Waals surface area contributed by atoms with E-state index in [1.807, 2.05) is 36.4 Å². The standard InChI is InChI=1S/C18H18N2O4/c1-23-15-8-4-2-6-13(15)19-17(21)10-11-20-14-7-3-5-9-16(14)24-12-18(20)22/h2-9H,10-12H2,1H3,(H,19,21). The van der Waals surface area contributed by atoms with Crippen LogP contribution in [0.1, 0.15) is 6.42 Å². The third-order valence-electron chi connectivity index (χ3n) is 3.75. The third-order valence-corrected chi connectivity index (χ3v) is 3.75. The molecule has 6 heteroatoms. The van der Waals surface area contributed by atoms with E-state index in [9.17, 15) is 9.59 Å². The van der Waals surface area contributed by atoms with Crippen molar-refractivity contribution in [3.05, 3.63) is 48.5 Å². The van der Waals surface area contributed by atoms with E-state index >= 15 is 0 Å². The number of carbonyl (C=O) groups is 2. The van der Waals surface area contributed by atoms with E-state index in [-0.39, 0.29) is 24.8 Å². The molecule has 2 aromatic rings. The molecule has 1 aliphatic rings. The van der Waals surface area contributed by atoms with Crippen molar-refractivity contribution in [3.63, 3.8) is 0 Å². The summed E-state index contributed by atoms with van der Waals surface area (Å²) in [6.07, 6.45) is 0.179. The van der Waals surface area contributed by atoms with Gasteiger partial charge in [-0.05, 0) is 24.3 Å². The fourth-order valence-electron chi connectivity index (χ4n) is 2.57. The summed E-state index contributed by atoms with van der Waals surface area (Å²) in [5.74, 6) is 0.913. The first-order chi connectivity index (χ1) is 11.7. The topological polar surface area (TPSA) is 67.9 Å². The minimum Gasteiger partial charge on any atom is -0.495 e. The number of hydrogen-bond donors (Lipinski definition) is 1. The highest BCUT2D eigenvalue weighted by molar-refractivity contribution is 5.99. The summed E-state index contributed by atoms with van der Waals surface area (Å²) in [4.78, 5) is 25.9. The van der Waals surface area contributed by atoms with Crippen LogP contribution in [-0.2, 0) is 9.59 Å². The largest absolute Gasteiger partial charge is 0.495 e. The molecule has 6 nitrogen and oxygen atoms in total. The first kappa shape index (κ1) is 15.9. The van der Waals surface area contributed by atoms with Crippen molar-refractivity contribution < 1.29 is 19.1 Å². The maximum Gasteiger partial charge on any atom is 0.265 e. The SMILES string of the molecule is COc1ccccc1NC(=O)CCN1C(=O)COc2ccccc21. The molecule has 24 heavy (non-hydrogen) atoms. The van der Waals surface area contributed by atoms with Gasteiger partial charge < -0.3 is 19.7 Å². The summed E-state index contributed by atoms with van der Waals surface area (Å²) < 4.78 is 10.6. The molecule has 0 fully saturated rings. The number of nitrogens with zero attached hydrogens (tertiary/aromatic N) is 1. The molecule has 1 N–H and O–H groups in total. The third kappa shape index (κ3) is 3.32. The number of rotatable bonds is 5. The van der Waals surface area contributed by atoms with Gasteiger partial charge in [-0.15, -0.1) is 0 Å². The lowest BCUT2D eigenvalue weighted by Crippen LogP contribution is -2.40. The van der Waals surface area contributed by atoms with Crippen LogP contribution in [0.5, 0.6) is 11.5 Å². The number of benzene rings is 2. The van der Waals surface area contributed by atoms with Crippen molar-refractivity contribution in [1.82, 2.24) is 0 Å². The molecule has 0 bridgehead atoms. The minimum atomic E-state index is -0.184. The number of amides is 2. The van der Waals surface area contributed by atoms with Gasteiger partial charge in [-0.3, -0.25) is 9.59 Å². The van der Waals surface area contributed by atoms with Crippen LogP contribution in [0.4, 0.5) is 11.4 Å². The van der Waals surface area contributed by atoms with Crippen molar-refractivity contribution in [3.8, 4) is 11.5 Å². The molecule has 0 saturated carbocycles. The first-order valence-corrected chi connectivity index (χ1v) is 7.64. The Kier molecular flexibility index (Phi) is 4.65. The van der Waals surface area contributed by atoms with Gasteiger partial charge in [0.1, 0.15) is 11.5 Å². The smallest absolute Gasteiger partial charge is 0.265 e. The molecule has 0 saturated heterocycles. The van der Waals surface area contributed by atoms with Gasteiger partial charge in [0.2, 0.25) is 5.91 Å². The van der Waals surface area contributed by atoms with Crippen LogP contribution in [0, 0.1) is 0 Å². The zero-order valence-electron chi connectivity index (χ0n) is 13.3. The maximum atomic E-state index is 12.2. The highest BCUT2D eigenvalue weighted by Gasteiger charge is 2.25. The Bertz CT molecular complexity index is 760. The summed E-state index contributed by atoms with van der Waals surface area (Å²) in [5.41, 5.74) is 1.30. The van der Waals surface area contributed by atoms with Gasteiger partial charge in [0.05, 0.1) is 18.5 Å². The number of methoxy groups -OCH3 is 1. The molecule has 0 aromatic heterocycles. The zero-order valence-corrected chi connectivity index (χ0v) is 13.3. The summed E-state index contributed by atoms with van der Waals surface area (Å²) >= 11 is 0. The zero-order chi connectivity index (χ0) is 16.9. The van der Waals surface area contributed by atoms with Crippen molar-refractivity contribution in [2.75, 3.05) is 30.5 Å². The Hall–Kier alpha value is -3.02. The summed E-state index contributed by atoms with van der Waals surface area (Å²) in [5, 5.41) is 2.81. The molecular weight excluding hydrogens is 308 g/mol. The highest BCUT2D eigenvalue weighted by Crippen LogP contribution is 2.31. The van der Waals surface area contributed by atoms with E-state index in [0.29, 0.717) is 29.4 Å². The van der Waals surface area contributed by atoms with Crippen LogP contribution in [0.15, 0.2) is 48.5 Å². The van der Waals surface area contributed by atoms with Crippen LogP contribution in [0.25, 0.3) is 0 Å². The second kappa shape index (κ2) is 7.04. The van der Waals surface area contributed by atoms with Gasteiger partial charge in [-0.1, -0.05) is 24.3 Å². The lowest BCUT2D eigenvalue weighted by Gasteiger charge is -2.29. The highest BCUT2D eigenvalue weighted by atomic mass is 16.5. The lowest BCUT2D eigenvalue weighted by molar-refractivity contribution is -0.121. The van der Waals surface area contributed by atoms with Gasteiger partial charge in [0, 0.05) is 13.0 Å². The molecule has 0 unspecified atom stereocenters. The molecule has 1 aliphatic heterocycles. The molecule has 2 amide bonds. The van der Waals surface area contributed by atoms with Gasteiger partial charge in [0.15, 0.2) is 6.61 Å². The average molecular weight is 326 g/mol. The molecule has 124 valence electrons. The average Bonchev–Trinajstić information content (AvgIpc) is 2.61. The van der Waals surface area contributed by atoms with Gasteiger partial charge in [0.25, 0.3) is 5.91 Å². The van der Waals surface area contributed by atoms with Crippen molar-refractivity contribution in [2.45, 2.75) is 6.42 Å². The Morgan fingerprint density at radius 2 is 1.96 bits per heavy atom. The maximum absolute atomic E-state index is 12.2. The van der Waals surface area contributed by atoms with E-state index in [1.54, 1.807) is 24.1 Å². The van der Waals surface area contributed by atoms with Crippen LogP contribution < -0.4 is 19.7 Å². The van der Waals surface area contributed by atoms with E-state index < -0.39 is 0 Å². The quantitative estimate of drug-likeness (QED) is 0.916. The van der Waals surface area contributed by atoms with Crippen LogP contribution in [0.3, 0.4) is 0 Å². The monoisotopic (exact) mass is 326 g/mol. The molecule has 0 spiro atoms. The predicted molar refractivity (Wildman–Crippen MR) is 90.5 cm³/mol. The fraction of sp³-hybridized carbons (Fsp3) is 0.222.